The minimum Gasteiger partial charge on any atom is -0.480 e. The normalized spacial score (nSPS) is 12.5. The second kappa shape index (κ2) is 9.38. The van der Waals surface area contributed by atoms with Crippen molar-refractivity contribution in [2.75, 3.05) is 0 Å². The summed E-state index contributed by atoms with van der Waals surface area (Å²) in [5, 5.41) is 14.3. The summed E-state index contributed by atoms with van der Waals surface area (Å²) in [4.78, 5) is 36.4. The van der Waals surface area contributed by atoms with E-state index in [1.807, 2.05) is 19.9 Å². The van der Waals surface area contributed by atoms with E-state index in [1.54, 1.807) is 30.3 Å². The van der Waals surface area contributed by atoms with Crippen LogP contribution in [0.25, 0.3) is 6.08 Å². The molecule has 27 heavy (non-hydrogen) atoms. The average Bonchev–Trinajstić information content (AvgIpc) is 3.15. The summed E-state index contributed by atoms with van der Waals surface area (Å²) in [6.45, 7) is 3.73. The van der Waals surface area contributed by atoms with E-state index < -0.39 is 23.8 Å². The van der Waals surface area contributed by atoms with E-state index >= 15 is 0 Å². The molecule has 0 saturated carbocycles. The predicted molar refractivity (Wildman–Crippen MR) is 99.6 cm³/mol. The maximum atomic E-state index is 12.7. The van der Waals surface area contributed by atoms with E-state index in [9.17, 15) is 19.5 Å². The van der Waals surface area contributed by atoms with Gasteiger partial charge in [-0.3, -0.25) is 9.59 Å². The molecule has 1 aromatic carbocycles. The fraction of sp³-hybridized carbons (Fsp3) is 0.250. The van der Waals surface area contributed by atoms with E-state index in [1.165, 1.54) is 18.4 Å². The highest BCUT2D eigenvalue weighted by Gasteiger charge is 2.24. The van der Waals surface area contributed by atoms with E-state index in [-0.39, 0.29) is 23.8 Å². The molecule has 7 heteroatoms. The monoisotopic (exact) mass is 370 g/mol. The third kappa shape index (κ3) is 6.14. The summed E-state index contributed by atoms with van der Waals surface area (Å²) < 4.78 is 5.03. The van der Waals surface area contributed by atoms with Crippen molar-refractivity contribution in [3.8, 4) is 0 Å². The van der Waals surface area contributed by atoms with E-state index in [0.717, 1.165) is 0 Å². The molecular weight excluding hydrogens is 348 g/mol. The highest BCUT2D eigenvalue weighted by molar-refractivity contribution is 6.05. The summed E-state index contributed by atoms with van der Waals surface area (Å²) in [5.74, 6) is -2.31. The number of rotatable bonds is 8. The van der Waals surface area contributed by atoms with Crippen LogP contribution in [0.2, 0.25) is 0 Å². The number of carboxylic acid groups (broad SMARTS) is 1. The Morgan fingerprint density at radius 1 is 1.11 bits per heavy atom. The molecule has 0 saturated heterocycles. The van der Waals surface area contributed by atoms with Crippen LogP contribution < -0.4 is 10.6 Å². The summed E-state index contributed by atoms with van der Waals surface area (Å²) >= 11 is 0. The number of nitrogens with one attached hydrogen (secondary N) is 2. The number of aliphatic carboxylic acids is 1. The molecule has 0 aliphatic heterocycles. The van der Waals surface area contributed by atoms with Gasteiger partial charge in [0.15, 0.2) is 5.76 Å². The van der Waals surface area contributed by atoms with Crippen molar-refractivity contribution < 1.29 is 23.9 Å². The number of hydrogen-bond acceptors (Lipinski definition) is 4. The third-order valence-corrected chi connectivity index (χ3v) is 3.66. The van der Waals surface area contributed by atoms with Crippen molar-refractivity contribution >= 4 is 23.9 Å². The van der Waals surface area contributed by atoms with Gasteiger partial charge in [0.1, 0.15) is 11.7 Å². The van der Waals surface area contributed by atoms with Crippen molar-refractivity contribution in [1.82, 2.24) is 10.6 Å². The summed E-state index contributed by atoms with van der Waals surface area (Å²) in [7, 11) is 0. The molecule has 142 valence electrons. The fourth-order valence-electron chi connectivity index (χ4n) is 2.39. The molecule has 0 unspecified atom stereocenters. The Morgan fingerprint density at radius 3 is 2.37 bits per heavy atom. The summed E-state index contributed by atoms with van der Waals surface area (Å²) in [6, 6.07) is 10.9. The third-order valence-electron chi connectivity index (χ3n) is 3.66. The molecule has 2 aromatic rings. The Morgan fingerprint density at radius 2 is 1.81 bits per heavy atom. The standard InChI is InChI=1S/C20H22N2O5/c1-13(2)11-16(20(25)26)22-18(23)15(12-14-7-4-3-5-8-14)21-19(24)17-9-6-10-27-17/h3-10,12-13,16H,11H2,1-2H3,(H,21,24)(H,22,23)(H,25,26)/b15-12-/t16-/m1/s1. The maximum absolute atomic E-state index is 12.7. The van der Waals surface area contributed by atoms with Gasteiger partial charge in [-0.25, -0.2) is 4.79 Å². The second-order valence-corrected chi connectivity index (χ2v) is 6.39. The molecule has 7 nitrogen and oxygen atoms in total. The van der Waals surface area contributed by atoms with Crippen molar-refractivity contribution in [2.45, 2.75) is 26.3 Å². The molecule has 2 rings (SSSR count). The van der Waals surface area contributed by atoms with Crippen molar-refractivity contribution in [2.24, 2.45) is 5.92 Å². The Bertz CT molecular complexity index is 810. The molecule has 0 fully saturated rings. The number of carbonyl (C=O) groups excluding carboxylic acids is 2. The quantitative estimate of drug-likeness (QED) is 0.619. The fourth-order valence-corrected chi connectivity index (χ4v) is 2.39. The Hall–Kier alpha value is -3.35. The first-order chi connectivity index (χ1) is 12.9. The molecule has 0 aliphatic carbocycles. The number of furan rings is 1. The molecule has 3 N–H and O–H groups in total. The van der Waals surface area contributed by atoms with Crippen LogP contribution in [0.4, 0.5) is 0 Å². The molecule has 0 radical (unpaired) electrons. The largest absolute Gasteiger partial charge is 0.480 e. The van der Waals surface area contributed by atoms with Gasteiger partial charge < -0.3 is 20.2 Å². The molecule has 1 aromatic heterocycles. The van der Waals surface area contributed by atoms with Crippen LogP contribution in [-0.2, 0) is 9.59 Å². The van der Waals surface area contributed by atoms with E-state index in [0.29, 0.717) is 5.56 Å². The molecule has 2 amide bonds. The van der Waals surface area contributed by atoms with Gasteiger partial charge in [0.25, 0.3) is 11.8 Å². The first kappa shape index (κ1) is 20.0. The highest BCUT2D eigenvalue weighted by atomic mass is 16.4. The van der Waals surface area contributed by atoms with Gasteiger partial charge in [0.2, 0.25) is 0 Å². The molecule has 0 bridgehead atoms. The van der Waals surface area contributed by atoms with E-state index in [2.05, 4.69) is 10.6 Å². The minimum atomic E-state index is -1.13. The zero-order valence-corrected chi connectivity index (χ0v) is 15.1. The van der Waals surface area contributed by atoms with Gasteiger partial charge in [-0.15, -0.1) is 0 Å². The summed E-state index contributed by atoms with van der Waals surface area (Å²) in [5.41, 5.74) is 0.607. The smallest absolute Gasteiger partial charge is 0.326 e. The average molecular weight is 370 g/mol. The van der Waals surface area contributed by atoms with Gasteiger partial charge in [-0.05, 0) is 36.1 Å². The lowest BCUT2D eigenvalue weighted by Crippen LogP contribution is -2.44. The van der Waals surface area contributed by atoms with Gasteiger partial charge in [0, 0.05) is 0 Å². The van der Waals surface area contributed by atoms with Crippen LogP contribution >= 0.6 is 0 Å². The highest BCUT2D eigenvalue weighted by Crippen LogP contribution is 2.10. The molecule has 1 atom stereocenters. The zero-order chi connectivity index (χ0) is 19.8. The number of hydrogen-bond donors (Lipinski definition) is 3. The minimum absolute atomic E-state index is 0.0405. The first-order valence-electron chi connectivity index (χ1n) is 8.52. The van der Waals surface area contributed by atoms with Crippen molar-refractivity contribution in [3.63, 3.8) is 0 Å². The predicted octanol–water partition coefficient (Wildman–Crippen LogP) is 2.67. The molecule has 1 heterocycles. The van der Waals surface area contributed by atoms with Crippen LogP contribution in [0, 0.1) is 5.92 Å². The van der Waals surface area contributed by atoms with Crippen molar-refractivity contribution in [1.29, 1.82) is 0 Å². The number of amides is 2. The van der Waals surface area contributed by atoms with Crippen LogP contribution in [0.15, 0.2) is 58.8 Å². The van der Waals surface area contributed by atoms with Gasteiger partial charge >= 0.3 is 5.97 Å². The Balaban J connectivity index is 2.25. The number of carbonyl (C=O) groups is 3. The van der Waals surface area contributed by atoms with Gasteiger partial charge in [-0.1, -0.05) is 44.2 Å². The van der Waals surface area contributed by atoms with E-state index in [4.69, 9.17) is 4.42 Å². The van der Waals surface area contributed by atoms with Gasteiger partial charge in [0.05, 0.1) is 6.26 Å². The van der Waals surface area contributed by atoms with Crippen LogP contribution in [-0.4, -0.2) is 28.9 Å². The topological polar surface area (TPSA) is 109 Å². The Labute approximate surface area is 157 Å². The van der Waals surface area contributed by atoms with Gasteiger partial charge in [-0.2, -0.15) is 0 Å². The lowest BCUT2D eigenvalue weighted by Gasteiger charge is -2.18. The molecular formula is C20H22N2O5. The maximum Gasteiger partial charge on any atom is 0.326 e. The SMILES string of the molecule is CC(C)C[C@@H](NC(=O)/C(=C/c1ccccc1)NC(=O)c1ccco1)C(=O)O. The molecule has 0 spiro atoms. The molecule has 0 aliphatic rings. The Kier molecular flexibility index (Phi) is 6.93. The lowest BCUT2D eigenvalue weighted by atomic mass is 10.0. The first-order valence-corrected chi connectivity index (χ1v) is 8.52. The number of carboxylic acids is 1. The second-order valence-electron chi connectivity index (χ2n) is 6.39. The van der Waals surface area contributed by atoms with Crippen LogP contribution in [0.5, 0.6) is 0 Å². The van der Waals surface area contributed by atoms with Crippen LogP contribution in [0.1, 0.15) is 36.4 Å². The lowest BCUT2D eigenvalue weighted by molar-refractivity contribution is -0.141. The number of benzene rings is 1. The van der Waals surface area contributed by atoms with Crippen LogP contribution in [0.3, 0.4) is 0 Å². The van der Waals surface area contributed by atoms with Crippen molar-refractivity contribution in [3.05, 3.63) is 65.7 Å². The summed E-state index contributed by atoms with van der Waals surface area (Å²) in [6.07, 6.45) is 3.09. The zero-order valence-electron chi connectivity index (χ0n) is 15.1.